The number of amides is 1. The third-order valence-corrected chi connectivity index (χ3v) is 3.54. The van der Waals surface area contributed by atoms with Crippen LogP contribution < -0.4 is 0 Å². The molecule has 20 heavy (non-hydrogen) atoms. The molecule has 1 rings (SSSR count). The Hall–Kier alpha value is -2.03. The lowest BCUT2D eigenvalue weighted by Crippen LogP contribution is -2.40. The maximum absolute atomic E-state index is 13.3. The molecule has 0 aromatic heterocycles. The number of benzene rings is 1. The van der Waals surface area contributed by atoms with Crippen LogP contribution in [-0.2, 0) is 4.79 Å². The summed E-state index contributed by atoms with van der Waals surface area (Å²) in [5, 5.41) is 19.6. The van der Waals surface area contributed by atoms with E-state index in [2.05, 4.69) is 15.9 Å². The minimum Gasteiger partial charge on any atom is -0.480 e. The van der Waals surface area contributed by atoms with Crippen LogP contribution >= 0.6 is 15.9 Å². The Morgan fingerprint density at radius 1 is 1.50 bits per heavy atom. The van der Waals surface area contributed by atoms with E-state index < -0.39 is 34.3 Å². The zero-order chi connectivity index (χ0) is 15.6. The smallest absolute Gasteiger partial charge is 0.326 e. The monoisotopic (exact) mass is 348 g/mol. The summed E-state index contributed by atoms with van der Waals surface area (Å²) in [7, 11) is 1.21. The molecule has 108 valence electrons. The van der Waals surface area contributed by atoms with Gasteiger partial charge in [0, 0.05) is 7.05 Å². The van der Waals surface area contributed by atoms with Crippen LogP contribution in [-0.4, -0.2) is 39.9 Å². The third-order valence-electron chi connectivity index (χ3n) is 2.70. The molecule has 7 nitrogen and oxygen atoms in total. The number of hydrogen-bond donors (Lipinski definition) is 1. The number of carboxylic acids is 1. The van der Waals surface area contributed by atoms with Gasteiger partial charge < -0.3 is 10.0 Å². The van der Waals surface area contributed by atoms with Crippen molar-refractivity contribution in [3.63, 3.8) is 0 Å². The highest BCUT2D eigenvalue weighted by molar-refractivity contribution is 9.10. The third kappa shape index (κ3) is 3.10. The summed E-state index contributed by atoms with van der Waals surface area (Å²) in [6, 6.07) is 0.322. The van der Waals surface area contributed by atoms with Crippen LogP contribution in [0.1, 0.15) is 17.3 Å². The zero-order valence-electron chi connectivity index (χ0n) is 10.5. The van der Waals surface area contributed by atoms with Crippen LogP contribution in [0.25, 0.3) is 0 Å². The number of rotatable bonds is 4. The molecule has 0 spiro atoms. The zero-order valence-corrected chi connectivity index (χ0v) is 12.0. The van der Waals surface area contributed by atoms with E-state index >= 15 is 0 Å². The van der Waals surface area contributed by atoms with Crippen molar-refractivity contribution in [2.75, 3.05) is 7.05 Å². The van der Waals surface area contributed by atoms with E-state index in [4.69, 9.17) is 5.11 Å². The quantitative estimate of drug-likeness (QED) is 0.662. The maximum Gasteiger partial charge on any atom is 0.326 e. The Kier molecular flexibility index (Phi) is 4.77. The second-order valence-electron chi connectivity index (χ2n) is 3.97. The van der Waals surface area contributed by atoms with Crippen LogP contribution in [0.3, 0.4) is 0 Å². The molecule has 0 bridgehead atoms. The van der Waals surface area contributed by atoms with Gasteiger partial charge in [0.1, 0.15) is 16.3 Å². The first-order chi connectivity index (χ1) is 9.16. The number of nitro groups is 1. The Morgan fingerprint density at radius 2 is 2.05 bits per heavy atom. The van der Waals surface area contributed by atoms with Gasteiger partial charge in [-0.15, -0.1) is 0 Å². The molecule has 0 radical (unpaired) electrons. The van der Waals surface area contributed by atoms with Gasteiger partial charge in [-0.1, -0.05) is 0 Å². The van der Waals surface area contributed by atoms with E-state index in [1.54, 1.807) is 0 Å². The fourth-order valence-electron chi connectivity index (χ4n) is 1.39. The lowest BCUT2D eigenvalue weighted by atomic mass is 10.1. The van der Waals surface area contributed by atoms with Crippen molar-refractivity contribution in [1.82, 2.24) is 4.90 Å². The SMILES string of the molecule is CC(C(=O)O)N(C)C(=O)c1cc(F)cc([N+](=O)[O-])c1Br. The van der Waals surface area contributed by atoms with Gasteiger partial charge in [-0.25, -0.2) is 9.18 Å². The molecule has 0 aliphatic heterocycles. The number of likely N-dealkylation sites (N-methyl/N-ethyl adjacent to an activating group) is 1. The van der Waals surface area contributed by atoms with Crippen LogP contribution in [0.15, 0.2) is 16.6 Å². The average Bonchev–Trinajstić information content (AvgIpc) is 2.37. The molecule has 1 N–H and O–H groups in total. The van der Waals surface area contributed by atoms with E-state index in [9.17, 15) is 24.1 Å². The first-order valence-corrected chi connectivity index (χ1v) is 6.09. The number of nitro benzene ring substituents is 1. The summed E-state index contributed by atoms with van der Waals surface area (Å²) >= 11 is 2.87. The van der Waals surface area contributed by atoms with Crippen molar-refractivity contribution in [2.24, 2.45) is 0 Å². The van der Waals surface area contributed by atoms with Crippen LogP contribution in [0.2, 0.25) is 0 Å². The van der Waals surface area contributed by atoms with E-state index in [1.807, 2.05) is 0 Å². The summed E-state index contributed by atoms with van der Waals surface area (Å²) in [5.41, 5.74) is -0.919. The number of aliphatic carboxylic acids is 1. The highest BCUT2D eigenvalue weighted by Crippen LogP contribution is 2.30. The molecule has 0 aliphatic rings. The minimum absolute atomic E-state index is 0.196. The molecule has 0 saturated heterocycles. The Morgan fingerprint density at radius 3 is 2.50 bits per heavy atom. The molecule has 9 heteroatoms. The Balaban J connectivity index is 3.30. The highest BCUT2D eigenvalue weighted by atomic mass is 79.9. The van der Waals surface area contributed by atoms with Gasteiger partial charge >= 0.3 is 5.97 Å². The lowest BCUT2D eigenvalue weighted by molar-refractivity contribution is -0.385. The fourth-order valence-corrected chi connectivity index (χ4v) is 1.94. The predicted molar refractivity (Wildman–Crippen MR) is 69.9 cm³/mol. The first kappa shape index (κ1) is 16.0. The van der Waals surface area contributed by atoms with Gasteiger partial charge in [-0.05, 0) is 28.9 Å². The number of carbonyl (C=O) groups excluding carboxylic acids is 1. The summed E-state index contributed by atoms with van der Waals surface area (Å²) in [4.78, 5) is 33.7. The average molecular weight is 349 g/mol. The van der Waals surface area contributed by atoms with Crippen molar-refractivity contribution in [1.29, 1.82) is 0 Å². The number of nitrogens with zero attached hydrogens (tertiary/aromatic N) is 2. The van der Waals surface area contributed by atoms with Crippen LogP contribution in [0.5, 0.6) is 0 Å². The van der Waals surface area contributed by atoms with Crippen molar-refractivity contribution in [3.05, 3.63) is 38.1 Å². The minimum atomic E-state index is -1.25. The van der Waals surface area contributed by atoms with Gasteiger partial charge in [-0.3, -0.25) is 14.9 Å². The fraction of sp³-hybridized carbons (Fsp3) is 0.273. The number of hydrogen-bond acceptors (Lipinski definition) is 4. The number of carbonyl (C=O) groups is 2. The molecule has 0 aliphatic carbocycles. The lowest BCUT2D eigenvalue weighted by Gasteiger charge is -2.22. The molecule has 1 unspecified atom stereocenters. The van der Waals surface area contributed by atoms with Gasteiger partial charge in [0.2, 0.25) is 0 Å². The van der Waals surface area contributed by atoms with Crippen LogP contribution in [0.4, 0.5) is 10.1 Å². The molecule has 0 fully saturated rings. The van der Waals surface area contributed by atoms with E-state index in [1.165, 1.54) is 14.0 Å². The normalized spacial score (nSPS) is 11.8. The number of halogens is 2. The molecule has 1 atom stereocenters. The molecular formula is C11H10BrFN2O5. The summed E-state index contributed by atoms with van der Waals surface area (Å²) in [5.74, 6) is -3.04. The second-order valence-corrected chi connectivity index (χ2v) is 4.77. The molecule has 1 amide bonds. The summed E-state index contributed by atoms with van der Waals surface area (Å²) in [6.07, 6.45) is 0. The van der Waals surface area contributed by atoms with Gasteiger partial charge in [-0.2, -0.15) is 0 Å². The second kappa shape index (κ2) is 5.95. The van der Waals surface area contributed by atoms with Crippen molar-refractivity contribution in [3.8, 4) is 0 Å². The standard InChI is InChI=1S/C11H10BrFN2O5/c1-5(11(17)18)14(2)10(16)7-3-6(13)4-8(9(7)12)15(19)20/h3-5H,1-2H3,(H,17,18). The van der Waals surface area contributed by atoms with E-state index in [0.717, 1.165) is 11.0 Å². The molecular weight excluding hydrogens is 339 g/mol. The van der Waals surface area contributed by atoms with Gasteiger partial charge in [0.25, 0.3) is 11.6 Å². The first-order valence-electron chi connectivity index (χ1n) is 5.30. The van der Waals surface area contributed by atoms with Crippen molar-refractivity contribution < 1.29 is 24.0 Å². The highest BCUT2D eigenvalue weighted by Gasteiger charge is 2.28. The number of carboxylic acid groups (broad SMARTS) is 1. The molecule has 1 aromatic carbocycles. The Bertz CT molecular complexity index is 592. The largest absolute Gasteiger partial charge is 0.480 e. The van der Waals surface area contributed by atoms with E-state index in [-0.39, 0.29) is 10.0 Å². The van der Waals surface area contributed by atoms with Crippen LogP contribution in [0, 0.1) is 15.9 Å². The van der Waals surface area contributed by atoms with Crippen molar-refractivity contribution in [2.45, 2.75) is 13.0 Å². The van der Waals surface area contributed by atoms with Gasteiger partial charge in [0.15, 0.2) is 0 Å². The summed E-state index contributed by atoms with van der Waals surface area (Å²) in [6.45, 7) is 1.27. The summed E-state index contributed by atoms with van der Waals surface area (Å²) < 4.78 is 13.1. The van der Waals surface area contributed by atoms with E-state index in [0.29, 0.717) is 6.07 Å². The van der Waals surface area contributed by atoms with Gasteiger partial charge in [0.05, 0.1) is 16.6 Å². The molecule has 1 aromatic rings. The maximum atomic E-state index is 13.3. The van der Waals surface area contributed by atoms with Crippen molar-refractivity contribution >= 4 is 33.5 Å². The topological polar surface area (TPSA) is 101 Å². The molecule has 0 saturated carbocycles. The molecule has 0 heterocycles. The predicted octanol–water partition coefficient (Wildman–Crippen LogP) is 2.04. The Labute approximate surface area is 121 Å².